The molecule has 0 spiro atoms. The second-order valence-electron chi connectivity index (χ2n) is 7.45. The number of nitrogens with one attached hydrogen (secondary N) is 2. The number of phenolic OH excluding ortho intramolecular Hbond substituents is 1. The summed E-state index contributed by atoms with van der Waals surface area (Å²) in [5.41, 5.74) is 4.05. The van der Waals surface area contributed by atoms with Gasteiger partial charge in [0, 0.05) is 36.0 Å². The van der Waals surface area contributed by atoms with Crippen LogP contribution in [0.3, 0.4) is 0 Å². The maximum Gasteiger partial charge on any atom is 0.271 e. The second-order valence-corrected chi connectivity index (χ2v) is 9.13. The highest BCUT2D eigenvalue weighted by atomic mass is 32.2. The summed E-state index contributed by atoms with van der Waals surface area (Å²) in [5, 5.41) is 14.2. The monoisotopic (exact) mass is 496 g/mol. The molecule has 1 amide bonds. The predicted molar refractivity (Wildman–Crippen MR) is 137 cm³/mol. The molecule has 9 nitrogen and oxygen atoms in total. The number of para-hydroxylation sites is 2. The molecule has 184 valence electrons. The average molecular weight is 497 g/mol. The van der Waals surface area contributed by atoms with Crippen molar-refractivity contribution < 1.29 is 23.1 Å². The van der Waals surface area contributed by atoms with Crippen molar-refractivity contribution >= 4 is 33.5 Å². The van der Waals surface area contributed by atoms with E-state index in [1.807, 2.05) is 19.9 Å². The van der Waals surface area contributed by atoms with Gasteiger partial charge < -0.3 is 14.7 Å². The third kappa shape index (κ3) is 6.30. The molecule has 0 radical (unpaired) electrons. The lowest BCUT2D eigenvalue weighted by atomic mass is 10.2. The van der Waals surface area contributed by atoms with Gasteiger partial charge >= 0.3 is 0 Å². The summed E-state index contributed by atoms with van der Waals surface area (Å²) in [6.07, 6.45) is 1.32. The predicted octanol–water partition coefficient (Wildman–Crippen LogP) is 3.81. The fourth-order valence-corrected chi connectivity index (χ4v) is 4.50. The molecular weight excluding hydrogens is 468 g/mol. The van der Waals surface area contributed by atoms with Crippen molar-refractivity contribution in [2.75, 3.05) is 29.8 Å². The minimum Gasteiger partial charge on any atom is -0.507 e. The first kappa shape index (κ1) is 25.6. The highest BCUT2D eigenvalue weighted by molar-refractivity contribution is 7.92. The number of phenols is 1. The van der Waals surface area contributed by atoms with Crippen molar-refractivity contribution in [3.63, 3.8) is 0 Å². The third-order valence-corrected chi connectivity index (χ3v) is 6.63. The molecule has 3 aromatic carbocycles. The van der Waals surface area contributed by atoms with Crippen LogP contribution in [0, 0.1) is 0 Å². The number of hydrogen-bond donors (Lipinski definition) is 3. The maximum absolute atomic E-state index is 12.8. The summed E-state index contributed by atoms with van der Waals surface area (Å²) in [6.45, 7) is 5.67. The lowest BCUT2D eigenvalue weighted by Gasteiger charge is -2.21. The Morgan fingerprint density at radius 1 is 1.06 bits per heavy atom. The van der Waals surface area contributed by atoms with Crippen LogP contribution < -0.4 is 19.8 Å². The Morgan fingerprint density at radius 2 is 1.80 bits per heavy atom. The van der Waals surface area contributed by atoms with Gasteiger partial charge in [0.1, 0.15) is 11.5 Å². The summed E-state index contributed by atoms with van der Waals surface area (Å²) >= 11 is 0. The van der Waals surface area contributed by atoms with Crippen LogP contribution in [0.2, 0.25) is 0 Å². The number of carbonyl (C=O) groups excluding carboxylic acids is 1. The quantitative estimate of drug-likeness (QED) is 0.290. The van der Waals surface area contributed by atoms with Gasteiger partial charge in [-0.15, -0.1) is 0 Å². The van der Waals surface area contributed by atoms with Gasteiger partial charge in [-0.25, -0.2) is 13.8 Å². The minimum absolute atomic E-state index is 0.0305. The van der Waals surface area contributed by atoms with Gasteiger partial charge in [0.05, 0.1) is 23.9 Å². The van der Waals surface area contributed by atoms with E-state index in [2.05, 4.69) is 20.1 Å². The van der Waals surface area contributed by atoms with Crippen LogP contribution in [0.5, 0.6) is 11.5 Å². The van der Waals surface area contributed by atoms with E-state index in [4.69, 9.17) is 4.74 Å². The number of benzene rings is 3. The number of aromatic hydroxyl groups is 1. The van der Waals surface area contributed by atoms with E-state index in [1.165, 1.54) is 37.6 Å². The number of hydrogen-bond acceptors (Lipinski definition) is 7. The largest absolute Gasteiger partial charge is 0.507 e. The third-order valence-electron chi connectivity index (χ3n) is 5.27. The Labute approximate surface area is 205 Å². The van der Waals surface area contributed by atoms with E-state index in [-0.39, 0.29) is 21.9 Å². The number of ether oxygens (including phenoxy) is 1. The Morgan fingerprint density at radius 3 is 2.49 bits per heavy atom. The van der Waals surface area contributed by atoms with Crippen molar-refractivity contribution in [1.29, 1.82) is 0 Å². The zero-order valence-electron chi connectivity index (χ0n) is 19.7. The highest BCUT2D eigenvalue weighted by Gasteiger charge is 2.18. The van der Waals surface area contributed by atoms with E-state index >= 15 is 0 Å². The van der Waals surface area contributed by atoms with Gasteiger partial charge in [0.15, 0.2) is 0 Å². The van der Waals surface area contributed by atoms with Crippen LogP contribution in [0.1, 0.15) is 29.8 Å². The van der Waals surface area contributed by atoms with Gasteiger partial charge in [-0.1, -0.05) is 18.2 Å². The second kappa shape index (κ2) is 11.4. The van der Waals surface area contributed by atoms with Gasteiger partial charge in [0.25, 0.3) is 15.9 Å². The number of rotatable bonds is 10. The first-order valence-corrected chi connectivity index (χ1v) is 12.4. The fraction of sp³-hybridized carbons (Fsp3) is 0.200. The molecule has 3 rings (SSSR count). The molecule has 0 unspecified atom stereocenters. The molecule has 0 heterocycles. The van der Waals surface area contributed by atoms with Crippen molar-refractivity contribution in [2.45, 2.75) is 18.7 Å². The molecule has 0 aromatic heterocycles. The minimum atomic E-state index is -3.97. The van der Waals surface area contributed by atoms with E-state index in [9.17, 15) is 18.3 Å². The number of sulfonamides is 1. The Kier molecular flexibility index (Phi) is 8.32. The standard InChI is InChI=1S/C25H28N4O5S/c1-4-29(5-2)20-14-13-19(23(30)16-20)17-26-27-25(31)18-9-8-10-21(15-18)35(32,33)28-22-11-6-7-12-24(22)34-3/h6-17,28,30H,4-5H2,1-3H3,(H,27,31)/b26-17+. The summed E-state index contributed by atoms with van der Waals surface area (Å²) in [4.78, 5) is 14.5. The molecule has 35 heavy (non-hydrogen) atoms. The van der Waals surface area contributed by atoms with Gasteiger partial charge in [-0.2, -0.15) is 5.10 Å². The molecule has 0 bridgehead atoms. The van der Waals surface area contributed by atoms with Gasteiger partial charge in [-0.3, -0.25) is 9.52 Å². The smallest absolute Gasteiger partial charge is 0.271 e. The van der Waals surface area contributed by atoms with Crippen molar-refractivity contribution in [1.82, 2.24) is 5.43 Å². The molecule has 0 fully saturated rings. The molecule has 0 aliphatic rings. The van der Waals surface area contributed by atoms with Crippen molar-refractivity contribution in [3.05, 3.63) is 77.9 Å². The summed E-state index contributed by atoms with van der Waals surface area (Å²) in [5.74, 6) is -0.203. The van der Waals surface area contributed by atoms with E-state index < -0.39 is 15.9 Å². The molecule has 3 N–H and O–H groups in total. The zero-order valence-corrected chi connectivity index (χ0v) is 20.5. The maximum atomic E-state index is 12.8. The zero-order chi connectivity index (χ0) is 25.4. The number of methoxy groups -OCH3 is 1. The SMILES string of the molecule is CCN(CC)c1ccc(/C=N/NC(=O)c2cccc(S(=O)(=O)Nc3ccccc3OC)c2)c(O)c1. The van der Waals surface area contributed by atoms with Crippen molar-refractivity contribution in [2.24, 2.45) is 5.10 Å². The van der Waals surface area contributed by atoms with E-state index in [1.54, 1.807) is 36.4 Å². The number of nitrogens with zero attached hydrogens (tertiary/aromatic N) is 2. The number of carbonyl (C=O) groups is 1. The van der Waals surface area contributed by atoms with E-state index in [0.29, 0.717) is 11.3 Å². The van der Waals surface area contributed by atoms with Crippen LogP contribution in [-0.2, 0) is 10.0 Å². The molecule has 0 saturated heterocycles. The van der Waals surface area contributed by atoms with Crippen LogP contribution in [0.4, 0.5) is 11.4 Å². The van der Waals surface area contributed by atoms with Crippen molar-refractivity contribution in [3.8, 4) is 11.5 Å². The van der Waals surface area contributed by atoms with Crippen LogP contribution >= 0.6 is 0 Å². The number of anilines is 2. The molecule has 0 aliphatic carbocycles. The van der Waals surface area contributed by atoms with Crippen LogP contribution in [-0.4, -0.2) is 45.8 Å². The van der Waals surface area contributed by atoms with E-state index in [0.717, 1.165) is 18.8 Å². The Balaban J connectivity index is 1.72. The fourth-order valence-electron chi connectivity index (χ4n) is 3.39. The number of hydrazone groups is 1. The molecule has 0 atom stereocenters. The number of amides is 1. The topological polar surface area (TPSA) is 120 Å². The molecular formula is C25H28N4O5S. The Hall–Kier alpha value is -4.05. The summed E-state index contributed by atoms with van der Waals surface area (Å²) < 4.78 is 33.3. The molecule has 3 aromatic rings. The molecule has 0 saturated carbocycles. The normalized spacial score (nSPS) is 11.3. The molecule has 0 aliphatic heterocycles. The average Bonchev–Trinajstić information content (AvgIpc) is 2.86. The first-order valence-electron chi connectivity index (χ1n) is 11.0. The molecule has 10 heteroatoms. The summed E-state index contributed by atoms with van der Waals surface area (Å²) in [6, 6.07) is 17.4. The van der Waals surface area contributed by atoms with Crippen LogP contribution in [0.15, 0.2) is 76.7 Å². The lowest BCUT2D eigenvalue weighted by Crippen LogP contribution is -2.21. The van der Waals surface area contributed by atoms with Gasteiger partial charge in [-0.05, 0) is 56.3 Å². The summed E-state index contributed by atoms with van der Waals surface area (Å²) in [7, 11) is -2.53. The lowest BCUT2D eigenvalue weighted by molar-refractivity contribution is 0.0955. The first-order chi connectivity index (χ1) is 16.8. The Bertz CT molecular complexity index is 1320. The van der Waals surface area contributed by atoms with Gasteiger partial charge in [0.2, 0.25) is 0 Å². The van der Waals surface area contributed by atoms with Crippen LogP contribution in [0.25, 0.3) is 0 Å². The highest BCUT2D eigenvalue weighted by Crippen LogP contribution is 2.26.